The van der Waals surface area contributed by atoms with Gasteiger partial charge in [-0.1, -0.05) is 11.6 Å². The van der Waals surface area contributed by atoms with Crippen molar-refractivity contribution < 1.29 is 4.74 Å². The molecule has 0 unspecified atom stereocenters. The second kappa shape index (κ2) is 4.55. The maximum atomic E-state index is 9.08. The number of ether oxygens (including phenoxy) is 1. The van der Waals surface area contributed by atoms with Crippen molar-refractivity contribution >= 4 is 11.6 Å². The van der Waals surface area contributed by atoms with Crippen LogP contribution in [0.5, 0.6) is 5.75 Å². The summed E-state index contributed by atoms with van der Waals surface area (Å²) in [6.45, 7) is 6.19. The summed E-state index contributed by atoms with van der Waals surface area (Å²) < 4.78 is 5.47. The molecule has 80 valence electrons. The molecule has 0 aliphatic carbocycles. The van der Waals surface area contributed by atoms with Gasteiger partial charge in [0, 0.05) is 10.6 Å². The predicted molar refractivity (Wildman–Crippen MR) is 61.3 cm³/mol. The molecular formula is C12H14ClNO. The first-order valence-corrected chi connectivity index (χ1v) is 5.23. The zero-order valence-corrected chi connectivity index (χ0v) is 9.93. The van der Waals surface area contributed by atoms with Crippen molar-refractivity contribution in [3.63, 3.8) is 0 Å². The van der Waals surface area contributed by atoms with E-state index < -0.39 is 5.41 Å². The molecule has 0 saturated heterocycles. The van der Waals surface area contributed by atoms with Gasteiger partial charge >= 0.3 is 0 Å². The third-order valence-corrected chi connectivity index (χ3v) is 2.43. The van der Waals surface area contributed by atoms with E-state index in [2.05, 4.69) is 6.07 Å². The molecule has 3 heteroatoms. The van der Waals surface area contributed by atoms with Crippen LogP contribution in [-0.4, -0.2) is 6.61 Å². The standard InChI is InChI=1S/C12H14ClNO/c1-4-15-11-6-5-9(13)7-10(11)12(2,3)8-14/h5-7H,4H2,1-3H3. The SMILES string of the molecule is CCOc1ccc(Cl)cc1C(C)(C)C#N. The normalized spacial score (nSPS) is 10.9. The van der Waals surface area contributed by atoms with Crippen LogP contribution < -0.4 is 4.74 Å². The fourth-order valence-corrected chi connectivity index (χ4v) is 1.50. The van der Waals surface area contributed by atoms with Crippen LogP contribution in [0.4, 0.5) is 0 Å². The number of benzene rings is 1. The van der Waals surface area contributed by atoms with E-state index in [4.69, 9.17) is 21.6 Å². The number of hydrogen-bond donors (Lipinski definition) is 0. The molecule has 0 bridgehead atoms. The van der Waals surface area contributed by atoms with Crippen molar-refractivity contribution in [2.24, 2.45) is 0 Å². The largest absolute Gasteiger partial charge is 0.494 e. The van der Waals surface area contributed by atoms with Crippen LogP contribution in [0.1, 0.15) is 26.3 Å². The van der Waals surface area contributed by atoms with E-state index >= 15 is 0 Å². The molecule has 1 rings (SSSR count). The zero-order chi connectivity index (χ0) is 11.5. The summed E-state index contributed by atoms with van der Waals surface area (Å²) in [5.41, 5.74) is 0.245. The average molecular weight is 224 g/mol. The highest BCUT2D eigenvalue weighted by atomic mass is 35.5. The highest BCUT2D eigenvalue weighted by Gasteiger charge is 2.24. The minimum atomic E-state index is -0.588. The van der Waals surface area contributed by atoms with Gasteiger partial charge < -0.3 is 4.74 Å². The summed E-state index contributed by atoms with van der Waals surface area (Å²) >= 11 is 5.92. The van der Waals surface area contributed by atoms with E-state index in [9.17, 15) is 0 Å². The molecule has 0 amide bonds. The Morgan fingerprint density at radius 3 is 2.67 bits per heavy atom. The maximum Gasteiger partial charge on any atom is 0.124 e. The average Bonchev–Trinajstić information content (AvgIpc) is 2.21. The van der Waals surface area contributed by atoms with Crippen molar-refractivity contribution in [2.75, 3.05) is 6.61 Å². The van der Waals surface area contributed by atoms with Gasteiger partial charge in [0.05, 0.1) is 18.1 Å². The topological polar surface area (TPSA) is 33.0 Å². The van der Waals surface area contributed by atoms with Crippen LogP contribution in [0.25, 0.3) is 0 Å². The Morgan fingerprint density at radius 1 is 1.47 bits per heavy atom. The molecular weight excluding hydrogens is 210 g/mol. The third kappa shape index (κ3) is 2.64. The smallest absolute Gasteiger partial charge is 0.124 e. The van der Waals surface area contributed by atoms with Crippen molar-refractivity contribution in [1.82, 2.24) is 0 Å². The molecule has 1 aromatic rings. The number of hydrogen-bond acceptors (Lipinski definition) is 2. The Hall–Kier alpha value is -1.20. The zero-order valence-electron chi connectivity index (χ0n) is 9.17. The Labute approximate surface area is 95.4 Å². The summed E-state index contributed by atoms with van der Waals surface area (Å²) in [5.74, 6) is 0.730. The van der Waals surface area contributed by atoms with Gasteiger partial charge in [-0.15, -0.1) is 0 Å². The van der Waals surface area contributed by atoms with Crippen LogP contribution in [0.15, 0.2) is 18.2 Å². The molecule has 0 aromatic heterocycles. The number of nitrogens with zero attached hydrogens (tertiary/aromatic N) is 1. The molecule has 0 fully saturated rings. The fourth-order valence-electron chi connectivity index (χ4n) is 1.33. The highest BCUT2D eigenvalue weighted by molar-refractivity contribution is 6.30. The van der Waals surface area contributed by atoms with Crippen LogP contribution in [0.2, 0.25) is 5.02 Å². The molecule has 1 aromatic carbocycles. The molecule has 15 heavy (non-hydrogen) atoms. The lowest BCUT2D eigenvalue weighted by Crippen LogP contribution is -2.15. The summed E-state index contributed by atoms with van der Waals surface area (Å²) in [6, 6.07) is 7.61. The van der Waals surface area contributed by atoms with Gasteiger partial charge in [0.1, 0.15) is 5.75 Å². The first-order valence-electron chi connectivity index (χ1n) is 4.85. The molecule has 0 aliphatic rings. The summed E-state index contributed by atoms with van der Waals surface area (Å²) in [6.07, 6.45) is 0. The van der Waals surface area contributed by atoms with Crippen molar-refractivity contribution in [3.05, 3.63) is 28.8 Å². The van der Waals surface area contributed by atoms with Crippen molar-refractivity contribution in [3.8, 4) is 11.8 Å². The van der Waals surface area contributed by atoms with Gasteiger partial charge in [0.2, 0.25) is 0 Å². The van der Waals surface area contributed by atoms with Crippen LogP contribution in [0.3, 0.4) is 0 Å². The second-order valence-corrected chi connectivity index (χ2v) is 4.25. The van der Waals surface area contributed by atoms with Crippen LogP contribution in [0, 0.1) is 11.3 Å². The summed E-state index contributed by atoms with van der Waals surface area (Å²) in [7, 11) is 0. The minimum absolute atomic E-state index is 0.580. The number of nitriles is 1. The van der Waals surface area contributed by atoms with E-state index in [-0.39, 0.29) is 0 Å². The molecule has 0 aliphatic heterocycles. The quantitative estimate of drug-likeness (QED) is 0.785. The molecule has 0 heterocycles. The first kappa shape index (κ1) is 11.9. The van der Waals surface area contributed by atoms with Gasteiger partial charge in [-0.3, -0.25) is 0 Å². The number of halogens is 1. The predicted octanol–water partition coefficient (Wildman–Crippen LogP) is 3.54. The highest BCUT2D eigenvalue weighted by Crippen LogP contribution is 2.33. The third-order valence-electron chi connectivity index (χ3n) is 2.19. The molecule has 0 saturated carbocycles. The van der Waals surface area contributed by atoms with E-state index in [1.165, 1.54) is 0 Å². The Bertz CT molecular complexity index is 393. The van der Waals surface area contributed by atoms with Crippen molar-refractivity contribution in [1.29, 1.82) is 5.26 Å². The second-order valence-electron chi connectivity index (χ2n) is 3.81. The fraction of sp³-hybridized carbons (Fsp3) is 0.417. The molecule has 0 radical (unpaired) electrons. The molecule has 0 spiro atoms. The van der Waals surface area contributed by atoms with Crippen molar-refractivity contribution in [2.45, 2.75) is 26.2 Å². The van der Waals surface area contributed by atoms with Crippen LogP contribution >= 0.6 is 11.6 Å². The summed E-state index contributed by atoms with van der Waals surface area (Å²) in [5, 5.41) is 9.70. The van der Waals surface area contributed by atoms with E-state index in [0.29, 0.717) is 11.6 Å². The number of rotatable bonds is 3. The van der Waals surface area contributed by atoms with Gasteiger partial charge in [-0.25, -0.2) is 0 Å². The lowest BCUT2D eigenvalue weighted by Gasteiger charge is -2.20. The van der Waals surface area contributed by atoms with Gasteiger partial charge in [-0.05, 0) is 39.0 Å². The van der Waals surface area contributed by atoms with Gasteiger partial charge in [-0.2, -0.15) is 5.26 Å². The summed E-state index contributed by atoms with van der Waals surface area (Å²) in [4.78, 5) is 0. The lowest BCUT2D eigenvalue weighted by molar-refractivity contribution is 0.332. The Kier molecular flexibility index (Phi) is 3.60. The Morgan fingerprint density at radius 2 is 2.13 bits per heavy atom. The van der Waals surface area contributed by atoms with E-state index in [1.807, 2.05) is 20.8 Å². The van der Waals surface area contributed by atoms with E-state index in [0.717, 1.165) is 11.3 Å². The first-order chi connectivity index (χ1) is 7.01. The minimum Gasteiger partial charge on any atom is -0.494 e. The molecule has 0 N–H and O–H groups in total. The van der Waals surface area contributed by atoms with Crippen LogP contribution in [-0.2, 0) is 5.41 Å². The Balaban J connectivity index is 3.25. The molecule has 2 nitrogen and oxygen atoms in total. The van der Waals surface area contributed by atoms with Gasteiger partial charge in [0.25, 0.3) is 0 Å². The van der Waals surface area contributed by atoms with E-state index in [1.54, 1.807) is 18.2 Å². The van der Waals surface area contributed by atoms with Gasteiger partial charge in [0.15, 0.2) is 0 Å². The maximum absolute atomic E-state index is 9.08. The monoisotopic (exact) mass is 223 g/mol. The molecule has 0 atom stereocenters. The lowest BCUT2D eigenvalue weighted by atomic mass is 9.86.